The number of nitrogens with two attached hydrogens (primary N) is 1. The van der Waals surface area contributed by atoms with E-state index in [2.05, 4.69) is 15.9 Å². The smallest absolute Gasteiger partial charge is 0.124 e. The Morgan fingerprint density at radius 2 is 1.75 bits per heavy atom. The van der Waals surface area contributed by atoms with Gasteiger partial charge in [-0.2, -0.15) is 0 Å². The van der Waals surface area contributed by atoms with Gasteiger partial charge in [-0.25, -0.2) is 4.39 Å². The minimum absolute atomic E-state index is 0.0444. The Morgan fingerprint density at radius 3 is 2.35 bits per heavy atom. The van der Waals surface area contributed by atoms with Crippen molar-refractivity contribution in [2.75, 3.05) is 7.11 Å². The van der Waals surface area contributed by atoms with Crippen LogP contribution in [0.25, 0.3) is 0 Å². The monoisotopic (exact) mass is 337 g/mol. The van der Waals surface area contributed by atoms with Gasteiger partial charge in [-0.05, 0) is 54.3 Å². The highest BCUT2D eigenvalue weighted by molar-refractivity contribution is 9.10. The average molecular weight is 338 g/mol. The Kier molecular flexibility index (Phi) is 5.15. The topological polar surface area (TPSA) is 35.2 Å². The predicted molar refractivity (Wildman–Crippen MR) is 82.5 cm³/mol. The fourth-order valence-electron chi connectivity index (χ4n) is 2.17. The highest BCUT2D eigenvalue weighted by atomic mass is 79.9. The Hall–Kier alpha value is -1.39. The lowest BCUT2D eigenvalue weighted by atomic mass is 10.00. The highest BCUT2D eigenvalue weighted by Gasteiger charge is 2.07. The van der Waals surface area contributed by atoms with Crippen LogP contribution >= 0.6 is 15.9 Å². The van der Waals surface area contributed by atoms with Gasteiger partial charge in [0.15, 0.2) is 0 Å². The van der Waals surface area contributed by atoms with Crippen molar-refractivity contribution < 1.29 is 9.13 Å². The van der Waals surface area contributed by atoms with E-state index in [0.29, 0.717) is 6.42 Å². The van der Waals surface area contributed by atoms with Crippen molar-refractivity contribution in [2.45, 2.75) is 18.9 Å². The second-order valence-corrected chi connectivity index (χ2v) is 5.71. The molecule has 0 fully saturated rings. The summed E-state index contributed by atoms with van der Waals surface area (Å²) in [5.41, 5.74) is 8.19. The van der Waals surface area contributed by atoms with Crippen molar-refractivity contribution in [2.24, 2.45) is 5.73 Å². The summed E-state index contributed by atoms with van der Waals surface area (Å²) in [6, 6.07) is 12.7. The van der Waals surface area contributed by atoms with E-state index in [-0.39, 0.29) is 11.9 Å². The van der Waals surface area contributed by atoms with Crippen molar-refractivity contribution in [3.8, 4) is 5.75 Å². The molecular weight excluding hydrogens is 321 g/mol. The van der Waals surface area contributed by atoms with E-state index in [0.717, 1.165) is 27.8 Å². The van der Waals surface area contributed by atoms with E-state index in [1.165, 1.54) is 12.1 Å². The van der Waals surface area contributed by atoms with Gasteiger partial charge in [0, 0.05) is 10.5 Å². The second kappa shape index (κ2) is 6.86. The summed E-state index contributed by atoms with van der Waals surface area (Å²) >= 11 is 3.29. The third kappa shape index (κ3) is 4.32. The van der Waals surface area contributed by atoms with Crippen LogP contribution in [0.2, 0.25) is 0 Å². The molecule has 0 bridgehead atoms. The van der Waals surface area contributed by atoms with Gasteiger partial charge in [-0.3, -0.25) is 0 Å². The molecule has 1 atom stereocenters. The van der Waals surface area contributed by atoms with Crippen LogP contribution in [0.3, 0.4) is 0 Å². The molecule has 2 aromatic carbocycles. The fourth-order valence-corrected chi connectivity index (χ4v) is 2.68. The quantitative estimate of drug-likeness (QED) is 0.902. The second-order valence-electron chi connectivity index (χ2n) is 4.79. The molecule has 0 saturated heterocycles. The lowest BCUT2D eigenvalue weighted by Gasteiger charge is -2.12. The molecule has 2 N–H and O–H groups in total. The third-order valence-corrected chi connectivity index (χ3v) is 3.54. The lowest BCUT2D eigenvalue weighted by Crippen LogP contribution is -2.25. The van der Waals surface area contributed by atoms with E-state index < -0.39 is 0 Å². The summed E-state index contributed by atoms with van der Waals surface area (Å²) in [6.45, 7) is 0. The Labute approximate surface area is 126 Å². The maximum atomic E-state index is 13.3. The minimum Gasteiger partial charge on any atom is -0.497 e. The van der Waals surface area contributed by atoms with Crippen LogP contribution in [0.4, 0.5) is 4.39 Å². The van der Waals surface area contributed by atoms with Crippen molar-refractivity contribution in [1.29, 1.82) is 0 Å². The first-order valence-corrected chi connectivity index (χ1v) is 7.19. The summed E-state index contributed by atoms with van der Waals surface area (Å²) in [5, 5.41) is 0. The summed E-state index contributed by atoms with van der Waals surface area (Å²) in [5.74, 6) is 0.586. The van der Waals surface area contributed by atoms with E-state index >= 15 is 0 Å². The van der Waals surface area contributed by atoms with E-state index in [1.54, 1.807) is 7.11 Å². The molecule has 20 heavy (non-hydrogen) atoms. The van der Waals surface area contributed by atoms with Gasteiger partial charge in [0.25, 0.3) is 0 Å². The predicted octanol–water partition coefficient (Wildman–Crippen LogP) is 3.71. The number of hydrogen-bond acceptors (Lipinski definition) is 2. The number of hydrogen-bond donors (Lipinski definition) is 1. The first-order valence-electron chi connectivity index (χ1n) is 6.40. The maximum absolute atomic E-state index is 13.3. The Bertz CT molecular complexity index is 551. The maximum Gasteiger partial charge on any atom is 0.124 e. The van der Waals surface area contributed by atoms with Gasteiger partial charge >= 0.3 is 0 Å². The molecule has 0 amide bonds. The molecule has 2 nitrogen and oxygen atoms in total. The van der Waals surface area contributed by atoms with Crippen molar-refractivity contribution in [1.82, 2.24) is 0 Å². The molecule has 0 heterocycles. The number of halogens is 2. The van der Waals surface area contributed by atoms with Gasteiger partial charge in [0.2, 0.25) is 0 Å². The van der Waals surface area contributed by atoms with Crippen LogP contribution in [-0.2, 0) is 12.8 Å². The molecule has 0 spiro atoms. The number of methoxy groups -OCH3 is 1. The van der Waals surface area contributed by atoms with E-state index in [1.807, 2.05) is 30.3 Å². The molecule has 0 aliphatic heterocycles. The van der Waals surface area contributed by atoms with Crippen molar-refractivity contribution >= 4 is 15.9 Å². The van der Waals surface area contributed by atoms with Crippen LogP contribution in [-0.4, -0.2) is 13.2 Å². The van der Waals surface area contributed by atoms with Crippen LogP contribution in [0.1, 0.15) is 11.1 Å². The van der Waals surface area contributed by atoms with Gasteiger partial charge in [0.05, 0.1) is 7.11 Å². The fraction of sp³-hybridized carbons (Fsp3) is 0.250. The van der Waals surface area contributed by atoms with Gasteiger partial charge in [0.1, 0.15) is 11.6 Å². The van der Waals surface area contributed by atoms with E-state index in [9.17, 15) is 4.39 Å². The molecule has 2 aromatic rings. The average Bonchev–Trinajstić information content (AvgIpc) is 2.38. The van der Waals surface area contributed by atoms with Gasteiger partial charge in [-0.1, -0.05) is 28.1 Å². The van der Waals surface area contributed by atoms with Gasteiger partial charge in [-0.15, -0.1) is 0 Å². The standard InChI is InChI=1S/C16H17BrFNO/c1-20-16-4-2-11(3-5-16)8-15(19)9-12-6-13(17)10-14(18)7-12/h2-7,10,15H,8-9,19H2,1H3. The van der Waals surface area contributed by atoms with Crippen LogP contribution in [0, 0.1) is 5.82 Å². The molecule has 1 unspecified atom stereocenters. The SMILES string of the molecule is COc1ccc(CC(N)Cc2cc(F)cc(Br)c2)cc1. The van der Waals surface area contributed by atoms with Crippen LogP contribution in [0.5, 0.6) is 5.75 Å². The zero-order valence-corrected chi connectivity index (χ0v) is 12.9. The summed E-state index contributed by atoms with van der Waals surface area (Å²) in [4.78, 5) is 0. The first kappa shape index (κ1) is 15.0. The molecule has 0 aliphatic carbocycles. The molecular formula is C16H17BrFNO. The summed E-state index contributed by atoms with van der Waals surface area (Å²) < 4.78 is 19.2. The number of rotatable bonds is 5. The number of benzene rings is 2. The molecule has 0 saturated carbocycles. The normalized spacial score (nSPS) is 12.2. The van der Waals surface area contributed by atoms with Crippen LogP contribution < -0.4 is 10.5 Å². The number of ether oxygens (including phenoxy) is 1. The van der Waals surface area contributed by atoms with Crippen molar-refractivity contribution in [3.05, 3.63) is 63.9 Å². The third-order valence-electron chi connectivity index (χ3n) is 3.08. The molecule has 2 rings (SSSR count). The van der Waals surface area contributed by atoms with Gasteiger partial charge < -0.3 is 10.5 Å². The molecule has 0 aliphatic rings. The minimum atomic E-state index is -0.244. The largest absolute Gasteiger partial charge is 0.497 e. The zero-order chi connectivity index (χ0) is 14.5. The molecule has 0 aromatic heterocycles. The van der Waals surface area contributed by atoms with Crippen LogP contribution in [0.15, 0.2) is 46.9 Å². The lowest BCUT2D eigenvalue weighted by molar-refractivity contribution is 0.414. The zero-order valence-electron chi connectivity index (χ0n) is 11.3. The summed E-state index contributed by atoms with van der Waals surface area (Å²) in [7, 11) is 1.64. The van der Waals surface area contributed by atoms with Crippen molar-refractivity contribution in [3.63, 3.8) is 0 Å². The Balaban J connectivity index is 1.98. The molecule has 0 radical (unpaired) electrons. The molecule has 4 heteroatoms. The molecule has 106 valence electrons. The Morgan fingerprint density at radius 1 is 1.10 bits per heavy atom. The first-order chi connectivity index (χ1) is 9.56. The summed E-state index contributed by atoms with van der Waals surface area (Å²) in [6.07, 6.45) is 1.39. The van der Waals surface area contributed by atoms with E-state index in [4.69, 9.17) is 10.5 Å². The highest BCUT2D eigenvalue weighted by Crippen LogP contribution is 2.17.